The van der Waals surface area contributed by atoms with E-state index >= 15 is 0 Å². The summed E-state index contributed by atoms with van der Waals surface area (Å²) in [6.07, 6.45) is 3.28. The molecule has 1 fully saturated rings. The summed E-state index contributed by atoms with van der Waals surface area (Å²) in [4.78, 5) is 0. The third kappa shape index (κ3) is 1.98. The highest BCUT2D eigenvalue weighted by Crippen LogP contribution is 2.24. The molecule has 0 aliphatic carbocycles. The zero-order valence-electron chi connectivity index (χ0n) is 9.18. The van der Waals surface area contributed by atoms with Crippen molar-refractivity contribution in [2.45, 2.75) is 23.9 Å². The highest BCUT2D eigenvalue weighted by Gasteiger charge is 2.35. The van der Waals surface area contributed by atoms with Crippen molar-refractivity contribution in [1.82, 2.24) is 19.8 Å². The molecule has 90 valence electrons. The van der Waals surface area contributed by atoms with E-state index in [0.29, 0.717) is 13.1 Å². The Morgan fingerprint density at radius 2 is 2.50 bits per heavy atom. The molecule has 6 nitrogen and oxygen atoms in total. The number of rotatable bonds is 4. The number of likely N-dealkylation sites (N-methyl/N-ethyl adjacent to an activating group) is 1. The van der Waals surface area contributed by atoms with Crippen LogP contribution in [0, 0.1) is 0 Å². The first kappa shape index (κ1) is 11.6. The molecule has 1 aromatic rings. The van der Waals surface area contributed by atoms with Gasteiger partial charge in [0.2, 0.25) is 0 Å². The van der Waals surface area contributed by atoms with Gasteiger partial charge in [0.1, 0.15) is 0 Å². The minimum atomic E-state index is -3.39. The minimum Gasteiger partial charge on any atom is -0.318 e. The molecule has 1 aliphatic rings. The molecule has 0 amide bonds. The van der Waals surface area contributed by atoms with E-state index in [1.165, 1.54) is 12.3 Å². The van der Waals surface area contributed by atoms with Gasteiger partial charge >= 0.3 is 0 Å². The van der Waals surface area contributed by atoms with Gasteiger partial charge in [0.15, 0.2) is 5.03 Å². The summed E-state index contributed by atoms with van der Waals surface area (Å²) in [5, 5.41) is 9.40. The molecule has 1 atom stereocenters. The van der Waals surface area contributed by atoms with Gasteiger partial charge in [0, 0.05) is 19.1 Å². The number of nitrogens with one attached hydrogen (secondary N) is 2. The molecular formula is C9H16N4O2S. The second-order valence-electron chi connectivity index (χ2n) is 3.89. The summed E-state index contributed by atoms with van der Waals surface area (Å²) in [6, 6.07) is 1.54. The fourth-order valence-corrected chi connectivity index (χ4v) is 3.67. The molecule has 0 aromatic carbocycles. The van der Waals surface area contributed by atoms with Crippen molar-refractivity contribution < 1.29 is 8.42 Å². The number of aromatic nitrogens is 2. The first-order valence-electron chi connectivity index (χ1n) is 5.32. The molecule has 0 spiro atoms. The molecule has 1 aromatic heterocycles. The molecule has 1 unspecified atom stereocenters. The van der Waals surface area contributed by atoms with Gasteiger partial charge in [-0.2, -0.15) is 9.40 Å². The van der Waals surface area contributed by atoms with E-state index in [2.05, 4.69) is 15.5 Å². The monoisotopic (exact) mass is 244 g/mol. The summed E-state index contributed by atoms with van der Waals surface area (Å²) < 4.78 is 26.0. The normalized spacial score (nSPS) is 22.7. The maximum absolute atomic E-state index is 12.2. The maximum atomic E-state index is 12.2. The SMILES string of the molecule is CNCC1CCCN1S(=O)(=O)c1ccn[nH]1. The Hall–Kier alpha value is -0.920. The average molecular weight is 244 g/mol. The Kier molecular flexibility index (Phi) is 3.27. The third-order valence-corrected chi connectivity index (χ3v) is 4.71. The number of H-pyrrole nitrogens is 1. The van der Waals surface area contributed by atoms with Crippen molar-refractivity contribution in [3.63, 3.8) is 0 Å². The van der Waals surface area contributed by atoms with E-state index in [9.17, 15) is 8.42 Å². The summed E-state index contributed by atoms with van der Waals surface area (Å²) in [5.74, 6) is 0. The number of sulfonamides is 1. The van der Waals surface area contributed by atoms with Crippen LogP contribution in [-0.4, -0.2) is 49.1 Å². The van der Waals surface area contributed by atoms with Crippen molar-refractivity contribution in [3.05, 3.63) is 12.3 Å². The Morgan fingerprint density at radius 3 is 3.12 bits per heavy atom. The molecule has 2 N–H and O–H groups in total. The molecule has 0 saturated carbocycles. The van der Waals surface area contributed by atoms with Crippen LogP contribution in [0.15, 0.2) is 17.3 Å². The van der Waals surface area contributed by atoms with Crippen LogP contribution in [0.25, 0.3) is 0 Å². The van der Waals surface area contributed by atoms with Gasteiger partial charge in [0.05, 0.1) is 6.20 Å². The molecule has 1 aliphatic heterocycles. The second kappa shape index (κ2) is 4.52. The fourth-order valence-electron chi connectivity index (χ4n) is 2.08. The Balaban J connectivity index is 2.24. The van der Waals surface area contributed by atoms with Crippen LogP contribution in [0.3, 0.4) is 0 Å². The van der Waals surface area contributed by atoms with Crippen LogP contribution in [-0.2, 0) is 10.0 Å². The van der Waals surface area contributed by atoms with Crippen molar-refractivity contribution in [3.8, 4) is 0 Å². The van der Waals surface area contributed by atoms with Crippen molar-refractivity contribution in [1.29, 1.82) is 0 Å². The lowest BCUT2D eigenvalue weighted by atomic mass is 10.2. The summed E-state index contributed by atoms with van der Waals surface area (Å²) >= 11 is 0. The van der Waals surface area contributed by atoms with E-state index < -0.39 is 10.0 Å². The highest BCUT2D eigenvalue weighted by atomic mass is 32.2. The standard InChI is InChI=1S/C9H16N4O2S/c1-10-7-8-3-2-6-13(8)16(14,15)9-4-5-11-12-9/h4-5,8,10H,2-3,6-7H2,1H3,(H,11,12). The Morgan fingerprint density at radius 1 is 1.69 bits per heavy atom. The summed E-state index contributed by atoms with van der Waals surface area (Å²) in [7, 11) is -1.56. The predicted molar refractivity (Wildman–Crippen MR) is 59.4 cm³/mol. The first-order chi connectivity index (χ1) is 7.66. The number of aromatic amines is 1. The maximum Gasteiger partial charge on any atom is 0.260 e. The first-order valence-corrected chi connectivity index (χ1v) is 6.76. The number of hydrogen-bond donors (Lipinski definition) is 2. The largest absolute Gasteiger partial charge is 0.318 e. The van der Waals surface area contributed by atoms with E-state index in [1.807, 2.05) is 7.05 Å². The molecule has 2 heterocycles. The van der Waals surface area contributed by atoms with E-state index in [4.69, 9.17) is 0 Å². The lowest BCUT2D eigenvalue weighted by molar-refractivity contribution is 0.377. The molecule has 16 heavy (non-hydrogen) atoms. The van der Waals surface area contributed by atoms with Gasteiger partial charge in [-0.05, 0) is 26.0 Å². The topological polar surface area (TPSA) is 78.1 Å². The van der Waals surface area contributed by atoms with Crippen molar-refractivity contribution in [2.24, 2.45) is 0 Å². The van der Waals surface area contributed by atoms with Gasteiger partial charge in [-0.3, -0.25) is 5.10 Å². The zero-order valence-corrected chi connectivity index (χ0v) is 10.00. The smallest absolute Gasteiger partial charge is 0.260 e. The molecule has 0 radical (unpaired) electrons. The van der Waals surface area contributed by atoms with E-state index in [0.717, 1.165) is 12.8 Å². The fraction of sp³-hybridized carbons (Fsp3) is 0.667. The van der Waals surface area contributed by atoms with Crippen molar-refractivity contribution >= 4 is 10.0 Å². The molecular weight excluding hydrogens is 228 g/mol. The zero-order chi connectivity index (χ0) is 11.6. The van der Waals surface area contributed by atoms with Gasteiger partial charge in [-0.25, -0.2) is 8.42 Å². The third-order valence-electron chi connectivity index (χ3n) is 2.82. The summed E-state index contributed by atoms with van der Waals surface area (Å²) in [5.41, 5.74) is 0. The number of hydrogen-bond acceptors (Lipinski definition) is 4. The van der Waals surface area contributed by atoms with E-state index in [-0.39, 0.29) is 11.1 Å². The average Bonchev–Trinajstić information content (AvgIpc) is 2.88. The van der Waals surface area contributed by atoms with Gasteiger partial charge in [-0.15, -0.1) is 0 Å². The van der Waals surface area contributed by atoms with E-state index in [1.54, 1.807) is 4.31 Å². The Labute approximate surface area is 95.1 Å². The van der Waals surface area contributed by atoms with Gasteiger partial charge in [0.25, 0.3) is 10.0 Å². The van der Waals surface area contributed by atoms with Crippen LogP contribution < -0.4 is 5.32 Å². The molecule has 0 bridgehead atoms. The highest BCUT2D eigenvalue weighted by molar-refractivity contribution is 7.89. The lowest BCUT2D eigenvalue weighted by Gasteiger charge is -2.22. The van der Waals surface area contributed by atoms with Crippen LogP contribution >= 0.6 is 0 Å². The molecule has 1 saturated heterocycles. The minimum absolute atomic E-state index is 0.0540. The van der Waals surface area contributed by atoms with Crippen LogP contribution in [0.2, 0.25) is 0 Å². The van der Waals surface area contributed by atoms with Gasteiger partial charge < -0.3 is 5.32 Å². The van der Waals surface area contributed by atoms with Crippen LogP contribution in [0.5, 0.6) is 0 Å². The lowest BCUT2D eigenvalue weighted by Crippen LogP contribution is -2.40. The van der Waals surface area contributed by atoms with Crippen molar-refractivity contribution in [2.75, 3.05) is 20.1 Å². The quantitative estimate of drug-likeness (QED) is 0.767. The number of nitrogens with zero attached hydrogens (tertiary/aromatic N) is 2. The van der Waals surface area contributed by atoms with Crippen LogP contribution in [0.4, 0.5) is 0 Å². The molecule has 2 rings (SSSR count). The van der Waals surface area contributed by atoms with Gasteiger partial charge in [-0.1, -0.05) is 0 Å². The Bertz CT molecular complexity index is 428. The van der Waals surface area contributed by atoms with Crippen LogP contribution in [0.1, 0.15) is 12.8 Å². The second-order valence-corrected chi connectivity index (χ2v) is 5.75. The predicted octanol–water partition coefficient (Wildman–Crippen LogP) is -0.218. The molecule has 7 heteroatoms. The summed E-state index contributed by atoms with van der Waals surface area (Å²) in [6.45, 7) is 1.28.